The van der Waals surface area contributed by atoms with Gasteiger partial charge in [-0.25, -0.2) is 0 Å². The average Bonchev–Trinajstić information content (AvgIpc) is 2.01. The van der Waals surface area contributed by atoms with Crippen LogP contribution in [0, 0.1) is 0 Å². The van der Waals surface area contributed by atoms with Gasteiger partial charge in [0.25, 0.3) is 0 Å². The van der Waals surface area contributed by atoms with E-state index in [2.05, 4.69) is 0 Å². The molecular weight excluding hydrogens is 168 g/mol. The summed E-state index contributed by atoms with van der Waals surface area (Å²) < 4.78 is 0. The molecule has 0 aromatic rings. The number of amides is 1. The number of rotatable bonds is 4. The van der Waals surface area contributed by atoms with Crippen molar-refractivity contribution in [1.29, 1.82) is 0 Å². The van der Waals surface area contributed by atoms with E-state index in [4.69, 9.17) is 5.73 Å². The Bertz CT molecular complexity index is 200. The minimum Gasteiger partial charge on any atom is -0.387 e. The third kappa shape index (κ3) is 2.00. The largest absolute Gasteiger partial charge is 0.387 e. The van der Waals surface area contributed by atoms with Gasteiger partial charge >= 0.3 is 0 Å². The van der Waals surface area contributed by atoms with Gasteiger partial charge in [-0.05, 0) is 12.8 Å². The van der Waals surface area contributed by atoms with Crippen molar-refractivity contribution in [3.8, 4) is 0 Å². The van der Waals surface area contributed by atoms with Crippen molar-refractivity contribution in [2.75, 3.05) is 13.1 Å². The van der Waals surface area contributed by atoms with Crippen molar-refractivity contribution in [2.45, 2.75) is 38.3 Å². The van der Waals surface area contributed by atoms with Crippen molar-refractivity contribution in [3.63, 3.8) is 0 Å². The molecule has 0 saturated carbocycles. The topological polar surface area (TPSA) is 66.6 Å². The highest BCUT2D eigenvalue weighted by atomic mass is 16.3. The highest BCUT2D eigenvalue weighted by Crippen LogP contribution is 2.26. The van der Waals surface area contributed by atoms with Gasteiger partial charge in [0, 0.05) is 13.1 Å². The van der Waals surface area contributed by atoms with Gasteiger partial charge in [0.1, 0.15) is 0 Å². The summed E-state index contributed by atoms with van der Waals surface area (Å²) in [5.41, 5.74) is 4.64. The SMILES string of the molecule is CCC(C(N)=O)N1CC(O)(CC)C1. The Hall–Kier alpha value is -0.610. The first-order chi connectivity index (χ1) is 6.02. The number of carbonyl (C=O) groups excluding carboxylic acids is 1. The molecule has 13 heavy (non-hydrogen) atoms. The fourth-order valence-corrected chi connectivity index (χ4v) is 1.79. The Morgan fingerprint density at radius 2 is 2.15 bits per heavy atom. The molecule has 1 unspecified atom stereocenters. The van der Waals surface area contributed by atoms with Crippen LogP contribution in [0.2, 0.25) is 0 Å². The number of likely N-dealkylation sites (tertiary alicyclic amines) is 1. The molecule has 1 amide bonds. The fraction of sp³-hybridized carbons (Fsp3) is 0.889. The predicted molar refractivity (Wildman–Crippen MR) is 50.1 cm³/mol. The second-order valence-electron chi connectivity index (χ2n) is 3.81. The molecule has 0 aromatic heterocycles. The Morgan fingerprint density at radius 3 is 2.46 bits per heavy atom. The van der Waals surface area contributed by atoms with Crippen LogP contribution >= 0.6 is 0 Å². The monoisotopic (exact) mass is 186 g/mol. The minimum absolute atomic E-state index is 0.202. The van der Waals surface area contributed by atoms with E-state index < -0.39 is 5.60 Å². The number of nitrogens with zero attached hydrogens (tertiary/aromatic N) is 1. The van der Waals surface area contributed by atoms with Gasteiger partial charge < -0.3 is 10.8 Å². The van der Waals surface area contributed by atoms with Crippen molar-refractivity contribution in [1.82, 2.24) is 4.90 Å². The molecule has 0 bridgehead atoms. The third-order valence-corrected chi connectivity index (χ3v) is 2.81. The zero-order valence-electron chi connectivity index (χ0n) is 8.29. The van der Waals surface area contributed by atoms with E-state index >= 15 is 0 Å². The summed E-state index contributed by atoms with van der Waals surface area (Å²) in [6, 6.07) is -0.202. The van der Waals surface area contributed by atoms with E-state index in [9.17, 15) is 9.90 Å². The number of carbonyl (C=O) groups is 1. The zero-order valence-corrected chi connectivity index (χ0v) is 8.29. The first-order valence-corrected chi connectivity index (χ1v) is 4.78. The maximum absolute atomic E-state index is 11.0. The van der Waals surface area contributed by atoms with Crippen molar-refractivity contribution < 1.29 is 9.90 Å². The second kappa shape index (κ2) is 3.64. The van der Waals surface area contributed by atoms with E-state index in [0.29, 0.717) is 13.1 Å². The summed E-state index contributed by atoms with van der Waals surface area (Å²) in [4.78, 5) is 12.9. The molecule has 0 radical (unpaired) electrons. The summed E-state index contributed by atoms with van der Waals surface area (Å²) >= 11 is 0. The van der Waals surface area contributed by atoms with Crippen LogP contribution in [0.15, 0.2) is 0 Å². The van der Waals surface area contributed by atoms with Gasteiger partial charge in [-0.1, -0.05) is 13.8 Å². The molecule has 1 saturated heterocycles. The Balaban J connectivity index is 2.45. The van der Waals surface area contributed by atoms with E-state index in [1.54, 1.807) is 0 Å². The van der Waals surface area contributed by atoms with Crippen LogP contribution in [-0.2, 0) is 4.79 Å². The van der Waals surface area contributed by atoms with Crippen LogP contribution in [0.5, 0.6) is 0 Å². The number of β-amino-alcohol motifs (C(OH)–C–C–N with tert-alkyl or cyclic N) is 1. The normalized spacial score (nSPS) is 23.6. The van der Waals surface area contributed by atoms with Gasteiger partial charge in [0.2, 0.25) is 5.91 Å². The van der Waals surface area contributed by atoms with Crippen LogP contribution < -0.4 is 5.73 Å². The zero-order chi connectivity index (χ0) is 10.1. The summed E-state index contributed by atoms with van der Waals surface area (Å²) in [6.07, 6.45) is 1.45. The molecule has 1 aliphatic heterocycles. The fourth-order valence-electron chi connectivity index (χ4n) is 1.79. The molecule has 1 atom stereocenters. The van der Waals surface area contributed by atoms with Crippen LogP contribution in [0.1, 0.15) is 26.7 Å². The average molecular weight is 186 g/mol. The molecule has 1 rings (SSSR count). The number of primary amides is 1. The molecule has 4 heteroatoms. The lowest BCUT2D eigenvalue weighted by Gasteiger charge is -2.48. The standard InChI is InChI=1S/C9H18N2O2/c1-3-7(8(10)12)11-5-9(13,4-2)6-11/h7,13H,3-6H2,1-2H3,(H2,10,12). The Morgan fingerprint density at radius 1 is 1.62 bits per heavy atom. The van der Waals surface area contributed by atoms with Crippen LogP contribution in [0.25, 0.3) is 0 Å². The lowest BCUT2D eigenvalue weighted by atomic mass is 9.89. The summed E-state index contributed by atoms with van der Waals surface area (Å²) in [7, 11) is 0. The lowest BCUT2D eigenvalue weighted by Crippen LogP contribution is -2.66. The summed E-state index contributed by atoms with van der Waals surface area (Å²) in [5.74, 6) is -0.291. The summed E-state index contributed by atoms with van der Waals surface area (Å²) in [5, 5.41) is 9.72. The first kappa shape index (κ1) is 10.5. The van der Waals surface area contributed by atoms with Crippen LogP contribution in [0.4, 0.5) is 0 Å². The molecule has 76 valence electrons. The van der Waals surface area contributed by atoms with Gasteiger partial charge in [-0.2, -0.15) is 0 Å². The maximum atomic E-state index is 11.0. The predicted octanol–water partition coefficient (Wildman–Crippen LogP) is -0.293. The van der Waals surface area contributed by atoms with Crippen molar-refractivity contribution >= 4 is 5.91 Å². The molecule has 1 fully saturated rings. The first-order valence-electron chi connectivity index (χ1n) is 4.78. The number of hydrogen-bond acceptors (Lipinski definition) is 3. The molecule has 3 N–H and O–H groups in total. The van der Waals surface area contributed by atoms with E-state index in [1.165, 1.54) is 0 Å². The molecule has 4 nitrogen and oxygen atoms in total. The molecule has 1 heterocycles. The quantitative estimate of drug-likeness (QED) is 0.634. The van der Waals surface area contributed by atoms with Crippen LogP contribution in [-0.4, -0.2) is 40.6 Å². The van der Waals surface area contributed by atoms with E-state index in [0.717, 1.165) is 12.8 Å². The molecule has 0 aromatic carbocycles. The number of nitrogens with two attached hydrogens (primary N) is 1. The van der Waals surface area contributed by atoms with E-state index in [1.807, 2.05) is 18.7 Å². The number of aliphatic hydroxyl groups is 1. The highest BCUT2D eigenvalue weighted by Gasteiger charge is 2.43. The minimum atomic E-state index is -0.580. The number of hydrogen-bond donors (Lipinski definition) is 2. The van der Waals surface area contributed by atoms with Gasteiger partial charge in [0.05, 0.1) is 11.6 Å². The molecule has 1 aliphatic rings. The highest BCUT2D eigenvalue weighted by molar-refractivity contribution is 5.79. The molecule has 0 aliphatic carbocycles. The van der Waals surface area contributed by atoms with Gasteiger partial charge in [-0.3, -0.25) is 9.69 Å². The van der Waals surface area contributed by atoms with Gasteiger partial charge in [0.15, 0.2) is 0 Å². The van der Waals surface area contributed by atoms with Gasteiger partial charge in [-0.15, -0.1) is 0 Å². The maximum Gasteiger partial charge on any atom is 0.234 e. The van der Waals surface area contributed by atoms with E-state index in [-0.39, 0.29) is 11.9 Å². The Labute approximate surface area is 78.7 Å². The third-order valence-electron chi connectivity index (χ3n) is 2.81. The van der Waals surface area contributed by atoms with Crippen LogP contribution in [0.3, 0.4) is 0 Å². The Kier molecular flexibility index (Phi) is 2.93. The summed E-state index contributed by atoms with van der Waals surface area (Å²) in [6.45, 7) is 5.02. The molecular formula is C9H18N2O2. The van der Waals surface area contributed by atoms with Crippen molar-refractivity contribution in [3.05, 3.63) is 0 Å². The van der Waals surface area contributed by atoms with Crippen molar-refractivity contribution in [2.24, 2.45) is 5.73 Å². The smallest absolute Gasteiger partial charge is 0.234 e. The second-order valence-corrected chi connectivity index (χ2v) is 3.81. The lowest BCUT2D eigenvalue weighted by molar-refractivity contribution is -0.142. The molecule has 0 spiro atoms.